The van der Waals surface area contributed by atoms with Gasteiger partial charge in [-0.2, -0.15) is 0 Å². The number of hydrogen-bond acceptors (Lipinski definition) is 3. The van der Waals surface area contributed by atoms with E-state index in [9.17, 15) is 4.79 Å². The van der Waals surface area contributed by atoms with E-state index < -0.39 is 0 Å². The largest absolute Gasteiger partial charge is 0.351 e. The van der Waals surface area contributed by atoms with Crippen LogP contribution in [-0.4, -0.2) is 43.2 Å². The Bertz CT molecular complexity index is 468. The molecule has 4 heteroatoms. The van der Waals surface area contributed by atoms with Crippen molar-refractivity contribution in [3.8, 4) is 0 Å². The number of rotatable bonds is 5. The van der Waals surface area contributed by atoms with Gasteiger partial charge in [-0.1, -0.05) is 26.0 Å². The molecule has 0 radical (unpaired) electrons. The molecule has 1 aliphatic heterocycles. The van der Waals surface area contributed by atoms with Crippen molar-refractivity contribution in [3.05, 3.63) is 29.8 Å². The number of nitrogens with zero attached hydrogens (tertiary/aromatic N) is 1. The molecule has 116 valence electrons. The van der Waals surface area contributed by atoms with Gasteiger partial charge in [-0.3, -0.25) is 4.79 Å². The summed E-state index contributed by atoms with van der Waals surface area (Å²) in [4.78, 5) is 15.8. The Balaban J connectivity index is 1.81. The fourth-order valence-electron chi connectivity index (χ4n) is 3.23. The van der Waals surface area contributed by atoms with Crippen molar-refractivity contribution in [1.82, 2.24) is 10.2 Å². The summed E-state index contributed by atoms with van der Waals surface area (Å²) in [5.41, 5.74) is 0.783. The minimum absolute atomic E-state index is 0.0399. The van der Waals surface area contributed by atoms with Crippen LogP contribution in [-0.2, 0) is 0 Å². The van der Waals surface area contributed by atoms with E-state index in [0.717, 1.165) is 48.5 Å². The van der Waals surface area contributed by atoms with Gasteiger partial charge in [-0.25, -0.2) is 0 Å². The molecule has 1 fully saturated rings. The fraction of sp³-hybridized carbons (Fsp3) is 0.588. The lowest BCUT2D eigenvalue weighted by molar-refractivity contribution is 0.0934. The van der Waals surface area contributed by atoms with Crippen molar-refractivity contribution < 1.29 is 4.79 Å². The fourth-order valence-corrected chi connectivity index (χ4v) is 3.82. The number of likely N-dealkylation sites (tertiary alicyclic amines) is 1. The second kappa shape index (κ2) is 7.85. The predicted octanol–water partition coefficient (Wildman–Crippen LogP) is 3.12. The SMILES string of the molecule is CSc1ccccc1C(=O)NCCN1C[C@H](C)C[C@@H](C)C1. The first-order valence-corrected chi connectivity index (χ1v) is 8.96. The van der Waals surface area contributed by atoms with Crippen molar-refractivity contribution in [2.24, 2.45) is 11.8 Å². The normalized spacial score (nSPS) is 23.0. The highest BCUT2D eigenvalue weighted by molar-refractivity contribution is 7.98. The molecule has 1 aliphatic rings. The average molecular weight is 306 g/mol. The molecule has 0 bridgehead atoms. The van der Waals surface area contributed by atoms with Gasteiger partial charge in [0.05, 0.1) is 5.56 Å². The standard InChI is InChI=1S/C17H26N2OS/c1-13-10-14(2)12-19(11-13)9-8-18-17(20)15-6-4-5-7-16(15)21-3/h4-7,13-14H,8-12H2,1-3H3,(H,18,20)/t13-,14-/m1/s1. The summed E-state index contributed by atoms with van der Waals surface area (Å²) >= 11 is 1.61. The molecule has 1 N–H and O–H groups in total. The van der Waals surface area contributed by atoms with E-state index in [1.165, 1.54) is 6.42 Å². The Labute approximate surface area is 132 Å². The molecule has 1 aromatic rings. The average Bonchev–Trinajstić information content (AvgIpc) is 2.46. The quantitative estimate of drug-likeness (QED) is 0.848. The Morgan fingerprint density at radius 2 is 1.95 bits per heavy atom. The third-order valence-electron chi connectivity index (χ3n) is 4.01. The number of carbonyl (C=O) groups excluding carboxylic acids is 1. The van der Waals surface area contributed by atoms with Crippen LogP contribution < -0.4 is 5.32 Å². The van der Waals surface area contributed by atoms with Gasteiger partial charge in [-0.05, 0) is 36.6 Å². The summed E-state index contributed by atoms with van der Waals surface area (Å²) in [6.45, 7) is 8.61. The smallest absolute Gasteiger partial charge is 0.252 e. The maximum absolute atomic E-state index is 12.3. The molecule has 1 saturated heterocycles. The van der Waals surface area contributed by atoms with Crippen molar-refractivity contribution in [1.29, 1.82) is 0 Å². The lowest BCUT2D eigenvalue weighted by Crippen LogP contribution is -2.42. The van der Waals surface area contributed by atoms with E-state index in [-0.39, 0.29) is 5.91 Å². The molecule has 1 heterocycles. The van der Waals surface area contributed by atoms with Gasteiger partial charge in [0.15, 0.2) is 0 Å². The van der Waals surface area contributed by atoms with Crippen LogP contribution in [0.25, 0.3) is 0 Å². The molecule has 0 aromatic heterocycles. The molecule has 0 aliphatic carbocycles. The summed E-state index contributed by atoms with van der Waals surface area (Å²) in [6, 6.07) is 7.78. The number of nitrogens with one attached hydrogen (secondary N) is 1. The number of thioether (sulfide) groups is 1. The lowest BCUT2D eigenvalue weighted by Gasteiger charge is -2.34. The lowest BCUT2D eigenvalue weighted by atomic mass is 9.92. The van der Waals surface area contributed by atoms with Gasteiger partial charge < -0.3 is 10.2 Å². The van der Waals surface area contributed by atoms with Crippen LogP contribution in [0.3, 0.4) is 0 Å². The molecule has 0 unspecified atom stereocenters. The summed E-state index contributed by atoms with van der Waals surface area (Å²) < 4.78 is 0. The second-order valence-corrected chi connectivity index (χ2v) is 7.01. The molecule has 2 rings (SSSR count). The van der Waals surface area contributed by atoms with Crippen molar-refractivity contribution >= 4 is 17.7 Å². The van der Waals surface area contributed by atoms with E-state index in [0.29, 0.717) is 0 Å². The van der Waals surface area contributed by atoms with Crippen molar-refractivity contribution in [2.45, 2.75) is 25.2 Å². The first-order valence-electron chi connectivity index (χ1n) is 7.73. The van der Waals surface area contributed by atoms with E-state index >= 15 is 0 Å². The van der Waals surface area contributed by atoms with E-state index in [2.05, 4.69) is 24.1 Å². The zero-order chi connectivity index (χ0) is 15.2. The monoisotopic (exact) mass is 306 g/mol. The number of benzene rings is 1. The Hall–Kier alpha value is -1.00. The zero-order valence-electron chi connectivity index (χ0n) is 13.3. The van der Waals surface area contributed by atoms with Crippen LogP contribution in [0.5, 0.6) is 0 Å². The molecule has 2 atom stereocenters. The van der Waals surface area contributed by atoms with Crippen molar-refractivity contribution in [2.75, 3.05) is 32.4 Å². The summed E-state index contributed by atoms with van der Waals surface area (Å²) in [7, 11) is 0. The summed E-state index contributed by atoms with van der Waals surface area (Å²) in [5, 5.41) is 3.06. The van der Waals surface area contributed by atoms with Gasteiger partial charge in [0.25, 0.3) is 5.91 Å². The minimum atomic E-state index is 0.0399. The van der Waals surface area contributed by atoms with Gasteiger partial charge in [-0.15, -0.1) is 11.8 Å². The Morgan fingerprint density at radius 1 is 1.29 bits per heavy atom. The molecule has 3 nitrogen and oxygen atoms in total. The third-order valence-corrected chi connectivity index (χ3v) is 4.81. The maximum Gasteiger partial charge on any atom is 0.252 e. The van der Waals surface area contributed by atoms with E-state index in [1.54, 1.807) is 11.8 Å². The maximum atomic E-state index is 12.3. The van der Waals surface area contributed by atoms with Gasteiger partial charge in [0.1, 0.15) is 0 Å². The molecule has 21 heavy (non-hydrogen) atoms. The number of carbonyl (C=O) groups is 1. The molecule has 1 aromatic carbocycles. The first-order chi connectivity index (χ1) is 10.1. The zero-order valence-corrected chi connectivity index (χ0v) is 14.1. The Morgan fingerprint density at radius 3 is 2.62 bits per heavy atom. The van der Waals surface area contributed by atoms with Crippen LogP contribution in [0, 0.1) is 11.8 Å². The molecular weight excluding hydrogens is 280 g/mol. The Kier molecular flexibility index (Phi) is 6.12. The van der Waals surface area contributed by atoms with Crippen LogP contribution >= 0.6 is 11.8 Å². The van der Waals surface area contributed by atoms with Gasteiger partial charge in [0.2, 0.25) is 0 Å². The molecule has 0 spiro atoms. The highest BCUT2D eigenvalue weighted by Gasteiger charge is 2.21. The van der Waals surface area contributed by atoms with E-state index in [1.807, 2.05) is 30.5 Å². The van der Waals surface area contributed by atoms with E-state index in [4.69, 9.17) is 0 Å². The van der Waals surface area contributed by atoms with Crippen LogP contribution in [0.4, 0.5) is 0 Å². The highest BCUT2D eigenvalue weighted by atomic mass is 32.2. The first kappa shape index (κ1) is 16.4. The van der Waals surface area contributed by atoms with Crippen LogP contribution in [0.2, 0.25) is 0 Å². The number of amides is 1. The highest BCUT2D eigenvalue weighted by Crippen LogP contribution is 2.21. The predicted molar refractivity (Wildman–Crippen MR) is 89.9 cm³/mol. The van der Waals surface area contributed by atoms with Crippen LogP contribution in [0.1, 0.15) is 30.6 Å². The van der Waals surface area contributed by atoms with Crippen molar-refractivity contribution in [3.63, 3.8) is 0 Å². The molecular formula is C17H26N2OS. The third kappa shape index (κ3) is 4.75. The topological polar surface area (TPSA) is 32.3 Å². The summed E-state index contributed by atoms with van der Waals surface area (Å²) in [6.07, 6.45) is 3.33. The van der Waals surface area contributed by atoms with Gasteiger partial charge >= 0.3 is 0 Å². The molecule has 1 amide bonds. The van der Waals surface area contributed by atoms with Gasteiger partial charge in [0, 0.05) is 31.1 Å². The summed E-state index contributed by atoms with van der Waals surface area (Å²) in [5.74, 6) is 1.57. The number of hydrogen-bond donors (Lipinski definition) is 1. The number of piperidine rings is 1. The molecule has 0 saturated carbocycles. The van der Waals surface area contributed by atoms with Crippen LogP contribution in [0.15, 0.2) is 29.2 Å². The minimum Gasteiger partial charge on any atom is -0.351 e. The second-order valence-electron chi connectivity index (χ2n) is 6.16.